The molecule has 2 N–H and O–H groups in total. The number of rotatable bonds is 6. The van der Waals surface area contributed by atoms with Crippen molar-refractivity contribution in [1.29, 1.82) is 0 Å². The molecule has 0 aromatic heterocycles. The average Bonchev–Trinajstić information content (AvgIpc) is 2.92. The molecule has 1 aromatic carbocycles. The monoisotopic (exact) mass is 278 g/mol. The lowest BCUT2D eigenvalue weighted by atomic mass is 10.2. The number of hydrogen-bond acceptors (Lipinski definition) is 3. The molecular weight excluding hydrogens is 256 g/mol. The number of carbonyl (C=O) groups excluding carboxylic acids is 1. The number of urea groups is 1. The van der Waals surface area contributed by atoms with E-state index in [2.05, 4.69) is 17.6 Å². The summed E-state index contributed by atoms with van der Waals surface area (Å²) in [5, 5.41) is 5.70. The molecule has 1 aliphatic rings. The Balaban J connectivity index is 1.81. The van der Waals surface area contributed by atoms with Gasteiger partial charge < -0.3 is 20.1 Å². The van der Waals surface area contributed by atoms with Gasteiger partial charge >= 0.3 is 6.03 Å². The van der Waals surface area contributed by atoms with E-state index in [-0.39, 0.29) is 12.1 Å². The highest BCUT2D eigenvalue weighted by Gasteiger charge is 2.17. The first kappa shape index (κ1) is 14.7. The molecule has 0 aliphatic carbocycles. The molecule has 20 heavy (non-hydrogen) atoms. The van der Waals surface area contributed by atoms with Crippen LogP contribution in [-0.4, -0.2) is 31.9 Å². The van der Waals surface area contributed by atoms with Gasteiger partial charge in [-0.1, -0.05) is 19.4 Å². The van der Waals surface area contributed by atoms with E-state index in [1.54, 1.807) is 0 Å². The van der Waals surface area contributed by atoms with Crippen LogP contribution in [0.3, 0.4) is 0 Å². The van der Waals surface area contributed by atoms with E-state index in [1.807, 2.05) is 24.3 Å². The molecule has 5 nitrogen and oxygen atoms in total. The molecule has 110 valence electrons. The first-order chi connectivity index (χ1) is 9.78. The smallest absolute Gasteiger partial charge is 0.319 e. The normalized spacial score (nSPS) is 17.8. The molecule has 0 saturated carbocycles. The lowest BCUT2D eigenvalue weighted by Gasteiger charge is -2.12. The van der Waals surface area contributed by atoms with Gasteiger partial charge in [0.2, 0.25) is 0 Å². The molecule has 0 unspecified atom stereocenters. The van der Waals surface area contributed by atoms with Crippen LogP contribution in [0.4, 0.5) is 10.5 Å². The number of carbonyl (C=O) groups is 1. The summed E-state index contributed by atoms with van der Waals surface area (Å²) in [6, 6.07) is 7.35. The summed E-state index contributed by atoms with van der Waals surface area (Å²) in [6.45, 7) is 4.13. The molecule has 1 fully saturated rings. The molecule has 1 atom stereocenters. The zero-order valence-corrected chi connectivity index (χ0v) is 11.9. The van der Waals surface area contributed by atoms with Gasteiger partial charge in [-0.25, -0.2) is 4.79 Å². The van der Waals surface area contributed by atoms with Gasteiger partial charge in [0.15, 0.2) is 0 Å². The fourth-order valence-electron chi connectivity index (χ4n) is 2.00. The van der Waals surface area contributed by atoms with E-state index in [9.17, 15) is 4.79 Å². The fourth-order valence-corrected chi connectivity index (χ4v) is 2.00. The minimum Gasteiger partial charge on any atom is -0.494 e. The topological polar surface area (TPSA) is 59.6 Å². The van der Waals surface area contributed by atoms with E-state index >= 15 is 0 Å². The molecule has 0 radical (unpaired) electrons. The number of unbranched alkanes of at least 4 members (excludes halogenated alkanes) is 1. The summed E-state index contributed by atoms with van der Waals surface area (Å²) in [7, 11) is 0. The first-order valence-electron chi connectivity index (χ1n) is 7.16. The summed E-state index contributed by atoms with van der Waals surface area (Å²) in [5.41, 5.74) is 0.732. The molecule has 1 aliphatic heterocycles. The molecule has 2 rings (SSSR count). The van der Waals surface area contributed by atoms with Crippen LogP contribution >= 0.6 is 0 Å². The van der Waals surface area contributed by atoms with Gasteiger partial charge in [-0.15, -0.1) is 0 Å². The van der Waals surface area contributed by atoms with Gasteiger partial charge in [0.1, 0.15) is 5.75 Å². The van der Waals surface area contributed by atoms with Crippen molar-refractivity contribution in [3.8, 4) is 5.75 Å². The number of amides is 2. The van der Waals surface area contributed by atoms with Crippen LogP contribution in [0.2, 0.25) is 0 Å². The maximum Gasteiger partial charge on any atom is 0.319 e. The lowest BCUT2D eigenvalue weighted by molar-refractivity contribution is 0.189. The number of benzene rings is 1. The highest BCUT2D eigenvalue weighted by Crippen LogP contribution is 2.17. The third-order valence-electron chi connectivity index (χ3n) is 3.12. The lowest BCUT2D eigenvalue weighted by Crippen LogP contribution is -2.38. The predicted molar refractivity (Wildman–Crippen MR) is 78.2 cm³/mol. The Labute approximate surface area is 119 Å². The Morgan fingerprint density at radius 3 is 3.15 bits per heavy atom. The Morgan fingerprint density at radius 1 is 1.50 bits per heavy atom. The van der Waals surface area contributed by atoms with Crippen molar-refractivity contribution in [1.82, 2.24) is 5.32 Å². The van der Waals surface area contributed by atoms with Gasteiger partial charge in [0.25, 0.3) is 0 Å². The van der Waals surface area contributed by atoms with Crippen LogP contribution in [0.25, 0.3) is 0 Å². The van der Waals surface area contributed by atoms with E-state index in [0.29, 0.717) is 19.8 Å². The molecular formula is C15H22N2O3. The first-order valence-corrected chi connectivity index (χ1v) is 7.16. The summed E-state index contributed by atoms with van der Waals surface area (Å²) >= 11 is 0. The van der Waals surface area contributed by atoms with Gasteiger partial charge in [-0.3, -0.25) is 0 Å². The molecule has 0 bridgehead atoms. The fraction of sp³-hybridized carbons (Fsp3) is 0.533. The average molecular weight is 278 g/mol. The van der Waals surface area contributed by atoms with Crippen molar-refractivity contribution in [3.05, 3.63) is 24.3 Å². The highest BCUT2D eigenvalue weighted by atomic mass is 16.5. The molecule has 1 saturated heterocycles. The van der Waals surface area contributed by atoms with Crippen LogP contribution < -0.4 is 15.4 Å². The molecule has 1 aromatic rings. The molecule has 2 amide bonds. The second-order valence-corrected chi connectivity index (χ2v) is 4.89. The quantitative estimate of drug-likeness (QED) is 0.787. The second kappa shape index (κ2) is 7.75. The highest BCUT2D eigenvalue weighted by molar-refractivity contribution is 5.89. The molecule has 5 heteroatoms. The van der Waals surface area contributed by atoms with Crippen LogP contribution in [0.5, 0.6) is 5.75 Å². The van der Waals surface area contributed by atoms with Crippen LogP contribution in [-0.2, 0) is 4.74 Å². The van der Waals surface area contributed by atoms with Crippen LogP contribution in [0, 0.1) is 0 Å². The van der Waals surface area contributed by atoms with Crippen LogP contribution in [0.15, 0.2) is 24.3 Å². The standard InChI is InChI=1S/C15H22N2O3/c1-2-3-8-20-14-6-4-5-12(10-14)16-15(18)17-13-7-9-19-11-13/h4-6,10,13H,2-3,7-9,11H2,1H3,(H2,16,17,18)/t13-/m1/s1. The third kappa shape index (κ3) is 4.74. The van der Waals surface area contributed by atoms with Crippen LogP contribution in [0.1, 0.15) is 26.2 Å². The Kier molecular flexibility index (Phi) is 5.68. The summed E-state index contributed by atoms with van der Waals surface area (Å²) in [4.78, 5) is 11.8. The zero-order chi connectivity index (χ0) is 14.2. The Hall–Kier alpha value is -1.75. The maximum absolute atomic E-state index is 11.8. The number of nitrogens with one attached hydrogen (secondary N) is 2. The van der Waals surface area contributed by atoms with Crippen molar-refractivity contribution in [3.63, 3.8) is 0 Å². The van der Waals surface area contributed by atoms with E-state index in [1.165, 1.54) is 0 Å². The van der Waals surface area contributed by atoms with Crippen molar-refractivity contribution >= 4 is 11.7 Å². The maximum atomic E-state index is 11.8. The van der Waals surface area contributed by atoms with Crippen molar-refractivity contribution in [2.24, 2.45) is 0 Å². The summed E-state index contributed by atoms with van der Waals surface area (Å²) < 4.78 is 10.8. The van der Waals surface area contributed by atoms with Gasteiger partial charge in [0.05, 0.1) is 19.3 Å². The van der Waals surface area contributed by atoms with Gasteiger partial charge in [-0.05, 0) is 25.0 Å². The van der Waals surface area contributed by atoms with Gasteiger partial charge in [0, 0.05) is 18.4 Å². The van der Waals surface area contributed by atoms with Crippen molar-refractivity contribution in [2.75, 3.05) is 25.1 Å². The summed E-state index contributed by atoms with van der Waals surface area (Å²) in [6.07, 6.45) is 3.00. The third-order valence-corrected chi connectivity index (χ3v) is 3.12. The van der Waals surface area contributed by atoms with E-state index in [0.717, 1.165) is 30.7 Å². The minimum absolute atomic E-state index is 0.110. The SMILES string of the molecule is CCCCOc1cccc(NC(=O)N[C@@H]2CCOC2)c1. The Bertz CT molecular complexity index is 431. The van der Waals surface area contributed by atoms with Crippen molar-refractivity contribution < 1.29 is 14.3 Å². The second-order valence-electron chi connectivity index (χ2n) is 4.89. The minimum atomic E-state index is -0.203. The predicted octanol–water partition coefficient (Wildman–Crippen LogP) is 2.78. The van der Waals surface area contributed by atoms with E-state index < -0.39 is 0 Å². The number of ether oxygens (including phenoxy) is 2. The largest absolute Gasteiger partial charge is 0.494 e. The number of hydrogen-bond donors (Lipinski definition) is 2. The number of anilines is 1. The van der Waals surface area contributed by atoms with Crippen molar-refractivity contribution in [2.45, 2.75) is 32.2 Å². The molecule has 1 heterocycles. The molecule has 0 spiro atoms. The summed E-state index contributed by atoms with van der Waals surface area (Å²) in [5.74, 6) is 0.778. The Morgan fingerprint density at radius 2 is 2.40 bits per heavy atom. The van der Waals surface area contributed by atoms with E-state index in [4.69, 9.17) is 9.47 Å². The van der Waals surface area contributed by atoms with Gasteiger partial charge in [-0.2, -0.15) is 0 Å². The zero-order valence-electron chi connectivity index (χ0n) is 11.9.